The highest BCUT2D eigenvalue weighted by Crippen LogP contribution is 2.27. The molecule has 1 amide bonds. The summed E-state index contributed by atoms with van der Waals surface area (Å²) < 4.78 is 0. The van der Waals surface area contributed by atoms with Gasteiger partial charge in [0.05, 0.1) is 5.92 Å². The lowest BCUT2D eigenvalue weighted by Crippen LogP contribution is -2.48. The Balaban J connectivity index is 1.53. The van der Waals surface area contributed by atoms with Gasteiger partial charge in [-0.1, -0.05) is 0 Å². The standard InChI is InChI=1S/C16H27N5O/c1-12(2)21-7-3-4-14(10-21)16(22)20-8-5-13(6-9-20)15-17-11-18-19-15/h11-14H,3-10H2,1-2H3,(H,17,18,19)/t14-/m0/s1. The molecule has 0 saturated carbocycles. The third kappa shape index (κ3) is 3.32. The van der Waals surface area contributed by atoms with Gasteiger partial charge in [0.15, 0.2) is 0 Å². The van der Waals surface area contributed by atoms with Crippen LogP contribution in [0.3, 0.4) is 0 Å². The minimum Gasteiger partial charge on any atom is -0.342 e. The molecule has 6 nitrogen and oxygen atoms in total. The molecule has 1 atom stereocenters. The summed E-state index contributed by atoms with van der Waals surface area (Å²) in [6.07, 6.45) is 5.73. The molecular weight excluding hydrogens is 278 g/mol. The molecule has 3 heterocycles. The zero-order valence-electron chi connectivity index (χ0n) is 13.7. The Morgan fingerprint density at radius 1 is 1.27 bits per heavy atom. The quantitative estimate of drug-likeness (QED) is 0.922. The highest BCUT2D eigenvalue weighted by atomic mass is 16.2. The number of likely N-dealkylation sites (tertiary alicyclic amines) is 2. The molecule has 0 radical (unpaired) electrons. The number of carbonyl (C=O) groups is 1. The third-order valence-corrected chi connectivity index (χ3v) is 5.16. The Labute approximate surface area is 132 Å². The van der Waals surface area contributed by atoms with Crippen LogP contribution < -0.4 is 0 Å². The van der Waals surface area contributed by atoms with E-state index in [0.29, 0.717) is 17.9 Å². The monoisotopic (exact) mass is 305 g/mol. The van der Waals surface area contributed by atoms with E-state index in [2.05, 4.69) is 38.8 Å². The molecule has 2 saturated heterocycles. The van der Waals surface area contributed by atoms with Crippen molar-refractivity contribution in [1.29, 1.82) is 0 Å². The summed E-state index contributed by atoms with van der Waals surface area (Å²) in [6.45, 7) is 8.20. The predicted octanol–water partition coefficient (Wildman–Crippen LogP) is 1.63. The maximum absolute atomic E-state index is 12.8. The number of carbonyl (C=O) groups excluding carboxylic acids is 1. The van der Waals surface area contributed by atoms with Crippen molar-refractivity contribution in [2.24, 2.45) is 5.92 Å². The Hall–Kier alpha value is -1.43. The molecule has 3 rings (SSSR count). The molecular formula is C16H27N5O. The first kappa shape index (κ1) is 15.5. The summed E-state index contributed by atoms with van der Waals surface area (Å²) >= 11 is 0. The van der Waals surface area contributed by atoms with Crippen molar-refractivity contribution in [3.8, 4) is 0 Å². The maximum Gasteiger partial charge on any atom is 0.226 e. The summed E-state index contributed by atoms with van der Waals surface area (Å²) in [5, 5.41) is 6.89. The molecule has 122 valence electrons. The molecule has 0 aromatic carbocycles. The summed E-state index contributed by atoms with van der Waals surface area (Å²) in [5.74, 6) is 1.94. The Morgan fingerprint density at radius 2 is 2.05 bits per heavy atom. The van der Waals surface area contributed by atoms with Crippen LogP contribution in [0, 0.1) is 5.92 Å². The van der Waals surface area contributed by atoms with Crippen LogP contribution >= 0.6 is 0 Å². The van der Waals surface area contributed by atoms with Crippen LogP contribution in [0.5, 0.6) is 0 Å². The second-order valence-corrected chi connectivity index (χ2v) is 6.90. The summed E-state index contributed by atoms with van der Waals surface area (Å²) in [5.41, 5.74) is 0. The van der Waals surface area contributed by atoms with Gasteiger partial charge in [0.1, 0.15) is 12.2 Å². The zero-order valence-corrected chi connectivity index (χ0v) is 13.7. The van der Waals surface area contributed by atoms with Crippen LogP contribution in [0.4, 0.5) is 0 Å². The van der Waals surface area contributed by atoms with Gasteiger partial charge in [-0.3, -0.25) is 9.89 Å². The first-order chi connectivity index (χ1) is 10.6. The normalized spacial score (nSPS) is 24.9. The number of aromatic nitrogens is 3. The van der Waals surface area contributed by atoms with Gasteiger partial charge in [-0.05, 0) is 46.1 Å². The van der Waals surface area contributed by atoms with Crippen molar-refractivity contribution < 1.29 is 4.79 Å². The van der Waals surface area contributed by atoms with Gasteiger partial charge in [0, 0.05) is 31.6 Å². The van der Waals surface area contributed by atoms with Gasteiger partial charge in [-0.25, -0.2) is 4.98 Å². The molecule has 1 aromatic heterocycles. The van der Waals surface area contributed by atoms with Crippen molar-refractivity contribution in [1.82, 2.24) is 25.0 Å². The highest BCUT2D eigenvalue weighted by molar-refractivity contribution is 5.79. The number of H-pyrrole nitrogens is 1. The molecule has 0 bridgehead atoms. The average Bonchev–Trinajstić information content (AvgIpc) is 3.09. The van der Waals surface area contributed by atoms with Crippen LogP contribution in [0.2, 0.25) is 0 Å². The van der Waals surface area contributed by atoms with Gasteiger partial charge in [0.25, 0.3) is 0 Å². The fourth-order valence-electron chi connectivity index (χ4n) is 3.72. The van der Waals surface area contributed by atoms with Crippen LogP contribution in [-0.2, 0) is 4.79 Å². The fourth-order valence-corrected chi connectivity index (χ4v) is 3.72. The van der Waals surface area contributed by atoms with Crippen LogP contribution in [0.25, 0.3) is 0 Å². The van der Waals surface area contributed by atoms with Crippen molar-refractivity contribution in [3.05, 3.63) is 12.2 Å². The highest BCUT2D eigenvalue weighted by Gasteiger charge is 2.32. The average molecular weight is 305 g/mol. The van der Waals surface area contributed by atoms with E-state index >= 15 is 0 Å². The minimum atomic E-state index is 0.193. The van der Waals surface area contributed by atoms with Crippen molar-refractivity contribution in [2.75, 3.05) is 26.2 Å². The Bertz CT molecular complexity index is 479. The smallest absolute Gasteiger partial charge is 0.226 e. The van der Waals surface area contributed by atoms with E-state index < -0.39 is 0 Å². The molecule has 22 heavy (non-hydrogen) atoms. The first-order valence-corrected chi connectivity index (χ1v) is 8.53. The van der Waals surface area contributed by atoms with E-state index in [4.69, 9.17) is 0 Å². The van der Waals surface area contributed by atoms with E-state index in [-0.39, 0.29) is 5.92 Å². The zero-order chi connectivity index (χ0) is 15.5. The number of amides is 1. The SMILES string of the molecule is CC(C)N1CCC[C@H](C(=O)N2CCC(c3ncn[nH]3)CC2)C1. The lowest BCUT2D eigenvalue weighted by Gasteiger charge is -2.38. The molecule has 0 spiro atoms. The lowest BCUT2D eigenvalue weighted by atomic mass is 9.92. The minimum absolute atomic E-state index is 0.193. The number of hydrogen-bond acceptors (Lipinski definition) is 4. The molecule has 1 N–H and O–H groups in total. The van der Waals surface area contributed by atoms with Crippen molar-refractivity contribution in [2.45, 2.75) is 51.5 Å². The maximum atomic E-state index is 12.8. The lowest BCUT2D eigenvalue weighted by molar-refractivity contribution is -0.138. The van der Waals surface area contributed by atoms with Crippen molar-refractivity contribution in [3.63, 3.8) is 0 Å². The molecule has 6 heteroatoms. The third-order valence-electron chi connectivity index (χ3n) is 5.16. The molecule has 1 aromatic rings. The van der Waals surface area contributed by atoms with E-state index in [1.54, 1.807) is 6.33 Å². The largest absolute Gasteiger partial charge is 0.342 e. The van der Waals surface area contributed by atoms with Gasteiger partial charge in [-0.15, -0.1) is 0 Å². The summed E-state index contributed by atoms with van der Waals surface area (Å²) in [6, 6.07) is 0.535. The van der Waals surface area contributed by atoms with Gasteiger partial charge < -0.3 is 9.80 Å². The van der Waals surface area contributed by atoms with Crippen LogP contribution in [0.1, 0.15) is 51.3 Å². The van der Waals surface area contributed by atoms with Gasteiger partial charge in [0.2, 0.25) is 5.91 Å². The Morgan fingerprint density at radius 3 is 2.68 bits per heavy atom. The van der Waals surface area contributed by atoms with Crippen LogP contribution in [-0.4, -0.2) is 63.1 Å². The number of nitrogens with one attached hydrogen (secondary N) is 1. The van der Waals surface area contributed by atoms with E-state index in [1.807, 2.05) is 0 Å². The van der Waals surface area contributed by atoms with E-state index in [0.717, 1.165) is 57.7 Å². The Kier molecular flexibility index (Phi) is 4.76. The molecule has 0 aliphatic carbocycles. The van der Waals surface area contributed by atoms with Crippen molar-refractivity contribution >= 4 is 5.91 Å². The van der Waals surface area contributed by atoms with E-state index in [1.165, 1.54) is 0 Å². The number of hydrogen-bond donors (Lipinski definition) is 1. The molecule has 2 fully saturated rings. The number of aromatic amines is 1. The molecule has 2 aliphatic heterocycles. The van der Waals surface area contributed by atoms with Crippen LogP contribution in [0.15, 0.2) is 6.33 Å². The number of rotatable bonds is 3. The first-order valence-electron chi connectivity index (χ1n) is 8.53. The number of piperidine rings is 2. The van der Waals surface area contributed by atoms with E-state index in [9.17, 15) is 4.79 Å². The number of nitrogens with zero attached hydrogens (tertiary/aromatic N) is 4. The second-order valence-electron chi connectivity index (χ2n) is 6.90. The molecule has 0 unspecified atom stereocenters. The molecule has 2 aliphatic rings. The topological polar surface area (TPSA) is 65.1 Å². The fraction of sp³-hybridized carbons (Fsp3) is 0.812. The summed E-state index contributed by atoms with van der Waals surface area (Å²) in [4.78, 5) is 21.5. The predicted molar refractivity (Wildman–Crippen MR) is 84.4 cm³/mol. The van der Waals surface area contributed by atoms with Gasteiger partial charge >= 0.3 is 0 Å². The van der Waals surface area contributed by atoms with Gasteiger partial charge in [-0.2, -0.15) is 5.10 Å². The second kappa shape index (κ2) is 6.77. The summed E-state index contributed by atoms with van der Waals surface area (Å²) in [7, 11) is 0.